The number of carbonyl (C=O) groups is 1. The van der Waals surface area contributed by atoms with Crippen LogP contribution < -0.4 is 4.74 Å². The average Bonchev–Trinajstić information content (AvgIpc) is 2.51. The third kappa shape index (κ3) is 2.88. The fraction of sp³-hybridized carbons (Fsp3) is 0.667. The van der Waals surface area contributed by atoms with Crippen molar-refractivity contribution < 1.29 is 14.6 Å². The van der Waals surface area contributed by atoms with E-state index in [1.807, 2.05) is 6.07 Å². The maximum absolute atomic E-state index is 13.0. The Morgan fingerprint density at radius 3 is 2.60 bits per heavy atom. The van der Waals surface area contributed by atoms with Crippen LogP contribution in [0.1, 0.15) is 87.7 Å². The van der Waals surface area contributed by atoms with Crippen molar-refractivity contribution in [2.75, 3.05) is 4.61 Å². The molecule has 138 valence electrons. The predicted octanol–water partition coefficient (Wildman–Crippen LogP) is 5.96. The molecule has 0 aliphatic heterocycles. The minimum atomic E-state index is -0.173. The molecule has 0 aromatic heterocycles. The summed E-state index contributed by atoms with van der Waals surface area (Å²) in [6.07, 6.45) is 3.86. The van der Waals surface area contributed by atoms with Crippen molar-refractivity contribution in [2.24, 2.45) is 11.3 Å². The number of ether oxygens (including phenoxy) is 1. The molecule has 2 atom stereocenters. The molecule has 4 heteroatoms. The summed E-state index contributed by atoms with van der Waals surface area (Å²) in [5, 5.41) is 11.2. The van der Waals surface area contributed by atoms with Crippen molar-refractivity contribution in [2.45, 2.75) is 71.6 Å². The van der Waals surface area contributed by atoms with Gasteiger partial charge in [0.25, 0.3) is 0 Å². The number of rotatable bonds is 3. The zero-order valence-electron chi connectivity index (χ0n) is 15.9. The standard InChI is InChI=1S/C21H29IO3/c1-12(2)13-9-14-15(23)10-16-20(3,4)7-6-8-21(16,5)17(14)18(24)19(13)25-11-22/h9,12,16,24H,6-8,10-11H2,1-5H3/t16-,21-/m0/s1. The number of ketones is 1. The first-order valence-electron chi connectivity index (χ1n) is 9.25. The fourth-order valence-corrected chi connectivity index (χ4v) is 5.63. The molecule has 0 amide bonds. The summed E-state index contributed by atoms with van der Waals surface area (Å²) >= 11 is 2.15. The van der Waals surface area contributed by atoms with Crippen molar-refractivity contribution in [1.29, 1.82) is 0 Å². The highest BCUT2D eigenvalue weighted by Crippen LogP contribution is 2.60. The molecule has 1 fully saturated rings. The molecule has 0 bridgehead atoms. The summed E-state index contributed by atoms with van der Waals surface area (Å²) in [4.78, 5) is 13.0. The van der Waals surface area contributed by atoms with Gasteiger partial charge in [-0.1, -0.05) is 41.0 Å². The number of phenols is 1. The van der Waals surface area contributed by atoms with Gasteiger partial charge in [0.15, 0.2) is 17.3 Å². The molecule has 25 heavy (non-hydrogen) atoms. The van der Waals surface area contributed by atoms with Gasteiger partial charge in [-0.25, -0.2) is 0 Å². The van der Waals surface area contributed by atoms with Crippen LogP contribution in [0.2, 0.25) is 0 Å². The van der Waals surface area contributed by atoms with Gasteiger partial charge in [-0.15, -0.1) is 0 Å². The Bertz CT molecular complexity index is 708. The first-order valence-corrected chi connectivity index (χ1v) is 10.8. The van der Waals surface area contributed by atoms with Crippen LogP contribution >= 0.6 is 22.6 Å². The summed E-state index contributed by atoms with van der Waals surface area (Å²) in [5.74, 6) is 1.40. The minimum Gasteiger partial charge on any atom is -0.504 e. The Morgan fingerprint density at radius 2 is 2.00 bits per heavy atom. The average molecular weight is 456 g/mol. The number of aromatic hydroxyl groups is 1. The molecule has 3 rings (SSSR count). The lowest BCUT2D eigenvalue weighted by Crippen LogP contribution is -2.49. The van der Waals surface area contributed by atoms with Gasteiger partial charge in [0.05, 0.1) is 0 Å². The molecule has 0 spiro atoms. The number of halogens is 1. The number of phenolic OH excluding ortho intramolecular Hbond substituents is 1. The highest BCUT2D eigenvalue weighted by Gasteiger charge is 2.53. The normalized spacial score (nSPS) is 27.8. The van der Waals surface area contributed by atoms with E-state index in [4.69, 9.17) is 4.74 Å². The van der Waals surface area contributed by atoms with Crippen molar-refractivity contribution in [3.63, 3.8) is 0 Å². The first-order chi connectivity index (χ1) is 11.6. The van der Waals surface area contributed by atoms with Crippen LogP contribution in [0, 0.1) is 11.3 Å². The van der Waals surface area contributed by atoms with Crippen LogP contribution in [0.15, 0.2) is 6.07 Å². The second-order valence-electron chi connectivity index (χ2n) is 8.91. The summed E-state index contributed by atoms with van der Waals surface area (Å²) in [6, 6.07) is 1.99. The molecule has 0 radical (unpaired) electrons. The number of hydrogen-bond acceptors (Lipinski definition) is 3. The van der Waals surface area contributed by atoms with Crippen LogP contribution in [-0.4, -0.2) is 15.5 Å². The number of benzene rings is 1. The molecule has 1 aromatic rings. The van der Waals surface area contributed by atoms with E-state index in [1.54, 1.807) is 0 Å². The molecule has 0 unspecified atom stereocenters. The highest BCUT2D eigenvalue weighted by molar-refractivity contribution is 14.1. The van der Waals surface area contributed by atoms with E-state index in [0.29, 0.717) is 16.8 Å². The summed E-state index contributed by atoms with van der Waals surface area (Å²) in [7, 11) is 0. The smallest absolute Gasteiger partial charge is 0.165 e. The molecule has 1 aromatic carbocycles. The molecule has 0 saturated heterocycles. The molecular weight excluding hydrogens is 427 g/mol. The van der Waals surface area contributed by atoms with Crippen LogP contribution in [0.4, 0.5) is 0 Å². The lowest BCUT2D eigenvalue weighted by Gasteiger charge is -2.54. The van der Waals surface area contributed by atoms with Gasteiger partial charge in [-0.05, 0) is 58.7 Å². The Labute approximate surface area is 164 Å². The maximum atomic E-state index is 13.0. The lowest BCUT2D eigenvalue weighted by molar-refractivity contribution is 0.0354. The van der Waals surface area contributed by atoms with E-state index in [2.05, 4.69) is 57.2 Å². The molecule has 1 N–H and O–H groups in total. The summed E-state index contributed by atoms with van der Waals surface area (Å²) in [6.45, 7) is 10.9. The summed E-state index contributed by atoms with van der Waals surface area (Å²) < 4.78 is 6.31. The van der Waals surface area contributed by atoms with Crippen LogP contribution in [0.25, 0.3) is 0 Å². The Balaban J connectivity index is 2.29. The van der Waals surface area contributed by atoms with Gasteiger partial charge < -0.3 is 9.84 Å². The van der Waals surface area contributed by atoms with Crippen molar-refractivity contribution in [1.82, 2.24) is 0 Å². The van der Waals surface area contributed by atoms with E-state index in [0.717, 1.165) is 36.0 Å². The lowest BCUT2D eigenvalue weighted by atomic mass is 9.50. The second-order valence-corrected chi connectivity index (χ2v) is 9.54. The van der Waals surface area contributed by atoms with E-state index in [-0.39, 0.29) is 34.2 Å². The van der Waals surface area contributed by atoms with Crippen molar-refractivity contribution in [3.05, 3.63) is 22.8 Å². The Morgan fingerprint density at radius 1 is 1.32 bits per heavy atom. The van der Waals surface area contributed by atoms with E-state index in [9.17, 15) is 9.90 Å². The van der Waals surface area contributed by atoms with E-state index in [1.165, 1.54) is 0 Å². The monoisotopic (exact) mass is 456 g/mol. The topological polar surface area (TPSA) is 46.5 Å². The number of Topliss-reactive ketones (excluding diaryl/α,β-unsaturated/α-hetero) is 1. The number of alkyl halides is 1. The van der Waals surface area contributed by atoms with Gasteiger partial charge >= 0.3 is 0 Å². The molecule has 3 nitrogen and oxygen atoms in total. The van der Waals surface area contributed by atoms with Crippen molar-refractivity contribution >= 4 is 28.4 Å². The van der Waals surface area contributed by atoms with Gasteiger partial charge in [-0.3, -0.25) is 4.79 Å². The largest absolute Gasteiger partial charge is 0.504 e. The molecule has 2 aliphatic rings. The molecular formula is C21H29IO3. The third-order valence-corrected chi connectivity index (χ3v) is 6.91. The molecule has 1 saturated carbocycles. The van der Waals surface area contributed by atoms with Gasteiger partial charge in [0, 0.05) is 28.5 Å². The van der Waals surface area contributed by atoms with Crippen LogP contribution in [0.3, 0.4) is 0 Å². The SMILES string of the molecule is CC(C)c1cc2c(c(O)c1OCI)[C@@]1(C)CCCC(C)(C)[C@@H]1CC2=O. The maximum Gasteiger partial charge on any atom is 0.165 e. The molecule has 2 aliphatic carbocycles. The second kappa shape index (κ2) is 6.43. The van der Waals surface area contributed by atoms with Gasteiger partial charge in [0.2, 0.25) is 0 Å². The number of fused-ring (bicyclic) bond motifs is 3. The van der Waals surface area contributed by atoms with E-state index < -0.39 is 0 Å². The Kier molecular flexibility index (Phi) is 4.89. The first kappa shape index (κ1) is 19.0. The minimum absolute atomic E-state index is 0.105. The fourth-order valence-electron chi connectivity index (χ4n) is 5.32. The third-order valence-electron chi connectivity index (χ3n) is 6.59. The van der Waals surface area contributed by atoms with Crippen LogP contribution in [0.5, 0.6) is 11.5 Å². The van der Waals surface area contributed by atoms with E-state index >= 15 is 0 Å². The van der Waals surface area contributed by atoms with Crippen molar-refractivity contribution in [3.8, 4) is 11.5 Å². The highest BCUT2D eigenvalue weighted by atomic mass is 127. The Hall–Kier alpha value is -0.780. The summed E-state index contributed by atoms with van der Waals surface area (Å²) in [5.41, 5.74) is 2.42. The van der Waals surface area contributed by atoms with Crippen LogP contribution in [-0.2, 0) is 5.41 Å². The quantitative estimate of drug-likeness (QED) is 0.451. The molecule has 0 heterocycles. The number of carbonyl (C=O) groups excluding carboxylic acids is 1. The van der Waals surface area contributed by atoms with Gasteiger partial charge in [0.1, 0.15) is 4.61 Å². The zero-order valence-corrected chi connectivity index (χ0v) is 18.1. The zero-order chi connectivity index (χ0) is 18.6. The predicted molar refractivity (Wildman–Crippen MR) is 109 cm³/mol. The number of hydrogen-bond donors (Lipinski definition) is 1. The van der Waals surface area contributed by atoms with Gasteiger partial charge in [-0.2, -0.15) is 0 Å².